The smallest absolute Gasteiger partial charge is 0.0545 e. The van der Waals surface area contributed by atoms with E-state index in [1.165, 1.54) is 25.9 Å². The summed E-state index contributed by atoms with van der Waals surface area (Å²) in [6, 6.07) is 0.660. The second-order valence-electron chi connectivity index (χ2n) is 5.65. The van der Waals surface area contributed by atoms with Gasteiger partial charge in [0.2, 0.25) is 0 Å². The summed E-state index contributed by atoms with van der Waals surface area (Å²) in [5.74, 6) is 5.62. The summed E-state index contributed by atoms with van der Waals surface area (Å²) in [7, 11) is 0. The molecule has 0 radical (unpaired) electrons. The number of thioether (sulfide) groups is 1. The van der Waals surface area contributed by atoms with Gasteiger partial charge in [0.1, 0.15) is 0 Å². The molecular formula is C14H24N2S. The molecule has 0 aromatic rings. The van der Waals surface area contributed by atoms with E-state index in [4.69, 9.17) is 6.42 Å². The average Bonchev–Trinajstić information content (AvgIpc) is 3.13. The zero-order chi connectivity index (χ0) is 12.3. The van der Waals surface area contributed by atoms with E-state index in [0.29, 0.717) is 11.6 Å². The van der Waals surface area contributed by atoms with Crippen LogP contribution in [0, 0.1) is 18.3 Å². The summed E-state index contributed by atoms with van der Waals surface area (Å²) in [5, 5.41) is 3.76. The molecule has 0 spiro atoms. The molecule has 0 aromatic heterocycles. The minimum Gasteiger partial charge on any atom is -0.308 e. The van der Waals surface area contributed by atoms with E-state index in [9.17, 15) is 0 Å². The molecule has 1 aliphatic heterocycles. The van der Waals surface area contributed by atoms with Gasteiger partial charge in [-0.15, -0.1) is 18.2 Å². The van der Waals surface area contributed by atoms with Gasteiger partial charge in [-0.3, -0.25) is 4.90 Å². The van der Waals surface area contributed by atoms with Crippen molar-refractivity contribution >= 4 is 11.8 Å². The van der Waals surface area contributed by atoms with Crippen LogP contribution >= 0.6 is 11.8 Å². The van der Waals surface area contributed by atoms with Crippen molar-refractivity contribution in [3.8, 4) is 12.3 Å². The van der Waals surface area contributed by atoms with Crippen molar-refractivity contribution in [2.45, 2.75) is 38.3 Å². The highest BCUT2D eigenvalue weighted by molar-refractivity contribution is 7.99. The van der Waals surface area contributed by atoms with E-state index in [1.807, 2.05) is 11.8 Å². The topological polar surface area (TPSA) is 15.3 Å². The lowest BCUT2D eigenvalue weighted by molar-refractivity contribution is 0.0894. The lowest BCUT2D eigenvalue weighted by Crippen LogP contribution is -2.63. The van der Waals surface area contributed by atoms with Gasteiger partial charge < -0.3 is 5.32 Å². The third kappa shape index (κ3) is 3.40. The predicted octanol–water partition coefficient (Wildman–Crippen LogP) is 1.82. The molecule has 1 aliphatic carbocycles. The van der Waals surface area contributed by atoms with Crippen molar-refractivity contribution in [2.75, 3.05) is 31.1 Å². The van der Waals surface area contributed by atoms with Gasteiger partial charge in [-0.2, -0.15) is 0 Å². The molecule has 2 nitrogen and oxygen atoms in total. The maximum Gasteiger partial charge on any atom is 0.0545 e. The Balaban J connectivity index is 1.80. The van der Waals surface area contributed by atoms with Gasteiger partial charge in [0.15, 0.2) is 0 Å². The van der Waals surface area contributed by atoms with Crippen LogP contribution in [-0.2, 0) is 0 Å². The average molecular weight is 252 g/mol. The van der Waals surface area contributed by atoms with Crippen molar-refractivity contribution in [1.82, 2.24) is 10.2 Å². The van der Waals surface area contributed by atoms with Crippen LogP contribution in [0.15, 0.2) is 0 Å². The van der Waals surface area contributed by atoms with E-state index in [0.717, 1.165) is 24.0 Å². The molecule has 2 fully saturated rings. The molecule has 2 rings (SSSR count). The van der Waals surface area contributed by atoms with E-state index in [2.05, 4.69) is 30.0 Å². The fraction of sp³-hybridized carbons (Fsp3) is 0.857. The highest BCUT2D eigenvalue weighted by Gasteiger charge is 2.44. The van der Waals surface area contributed by atoms with E-state index in [-0.39, 0.29) is 0 Å². The Kier molecular flexibility index (Phi) is 4.41. The van der Waals surface area contributed by atoms with Crippen molar-refractivity contribution in [3.63, 3.8) is 0 Å². The number of terminal acetylenes is 1. The third-order valence-electron chi connectivity index (χ3n) is 4.14. The maximum atomic E-state index is 5.27. The SMILES string of the molecule is C#CCSCCN1CC(C)(C2CC2)NCC1C. The van der Waals surface area contributed by atoms with Crippen LogP contribution in [0.1, 0.15) is 26.7 Å². The van der Waals surface area contributed by atoms with Crippen LogP contribution in [-0.4, -0.2) is 47.6 Å². The van der Waals surface area contributed by atoms with Crippen LogP contribution in [0.25, 0.3) is 0 Å². The number of piperazine rings is 1. The Morgan fingerprint density at radius 3 is 2.94 bits per heavy atom. The molecule has 2 unspecified atom stereocenters. The minimum absolute atomic E-state index is 0.364. The second-order valence-corrected chi connectivity index (χ2v) is 6.75. The lowest BCUT2D eigenvalue weighted by atomic mass is 9.91. The first-order valence-electron chi connectivity index (χ1n) is 6.66. The molecule has 2 aliphatic rings. The first-order valence-corrected chi connectivity index (χ1v) is 7.81. The van der Waals surface area contributed by atoms with Crippen molar-refractivity contribution in [2.24, 2.45) is 5.92 Å². The Morgan fingerprint density at radius 2 is 2.29 bits per heavy atom. The number of nitrogens with one attached hydrogen (secondary N) is 1. The fourth-order valence-electron chi connectivity index (χ4n) is 2.75. The monoisotopic (exact) mass is 252 g/mol. The minimum atomic E-state index is 0.364. The van der Waals surface area contributed by atoms with Gasteiger partial charge in [0.05, 0.1) is 5.75 Å². The van der Waals surface area contributed by atoms with Crippen LogP contribution in [0.3, 0.4) is 0 Å². The molecular weight excluding hydrogens is 228 g/mol. The second kappa shape index (κ2) is 5.65. The summed E-state index contributed by atoms with van der Waals surface area (Å²) in [6.45, 7) is 8.24. The third-order valence-corrected chi connectivity index (χ3v) is 4.98. The molecule has 1 saturated carbocycles. The summed E-state index contributed by atoms with van der Waals surface area (Å²) >= 11 is 1.87. The highest BCUT2D eigenvalue weighted by atomic mass is 32.2. The lowest BCUT2D eigenvalue weighted by Gasteiger charge is -2.45. The first kappa shape index (κ1) is 13.3. The number of hydrogen-bond donors (Lipinski definition) is 1. The summed E-state index contributed by atoms with van der Waals surface area (Å²) in [4.78, 5) is 2.64. The standard InChI is InChI=1S/C14H24N2S/c1-4-8-17-9-7-16-11-14(3,13-5-6-13)15-10-12(16)2/h1,12-13,15H,5-11H2,2-3H3. The number of hydrogen-bond acceptors (Lipinski definition) is 3. The molecule has 17 heavy (non-hydrogen) atoms. The largest absolute Gasteiger partial charge is 0.308 e. The number of rotatable bonds is 5. The highest BCUT2D eigenvalue weighted by Crippen LogP contribution is 2.41. The van der Waals surface area contributed by atoms with Gasteiger partial charge in [-0.1, -0.05) is 5.92 Å². The predicted molar refractivity (Wildman–Crippen MR) is 76.3 cm³/mol. The van der Waals surface area contributed by atoms with Crippen LogP contribution in [0.4, 0.5) is 0 Å². The zero-order valence-electron chi connectivity index (χ0n) is 11.0. The van der Waals surface area contributed by atoms with E-state index in [1.54, 1.807) is 0 Å². The molecule has 0 bridgehead atoms. The van der Waals surface area contributed by atoms with Crippen LogP contribution in [0.5, 0.6) is 0 Å². The molecule has 0 aromatic carbocycles. The normalized spacial score (nSPS) is 34.5. The van der Waals surface area contributed by atoms with Crippen LogP contribution in [0.2, 0.25) is 0 Å². The van der Waals surface area contributed by atoms with Gasteiger partial charge in [-0.05, 0) is 32.6 Å². The first-order chi connectivity index (χ1) is 8.15. The Hall–Kier alpha value is -0.170. The van der Waals surface area contributed by atoms with Gasteiger partial charge in [0.25, 0.3) is 0 Å². The Morgan fingerprint density at radius 1 is 1.53 bits per heavy atom. The van der Waals surface area contributed by atoms with Gasteiger partial charge in [-0.25, -0.2) is 0 Å². The van der Waals surface area contributed by atoms with Gasteiger partial charge in [0, 0.05) is 37.0 Å². The van der Waals surface area contributed by atoms with E-state index < -0.39 is 0 Å². The molecule has 1 heterocycles. The van der Waals surface area contributed by atoms with Crippen LogP contribution < -0.4 is 5.32 Å². The molecule has 96 valence electrons. The zero-order valence-corrected chi connectivity index (χ0v) is 11.9. The molecule has 1 N–H and O–H groups in total. The fourth-order valence-corrected chi connectivity index (χ4v) is 3.38. The quantitative estimate of drug-likeness (QED) is 0.593. The van der Waals surface area contributed by atoms with Crippen molar-refractivity contribution < 1.29 is 0 Å². The molecule has 1 saturated heterocycles. The Labute approximate surface area is 110 Å². The molecule has 2 atom stereocenters. The van der Waals surface area contributed by atoms with Crippen molar-refractivity contribution in [1.29, 1.82) is 0 Å². The summed E-state index contributed by atoms with van der Waals surface area (Å²) in [6.07, 6.45) is 8.10. The summed E-state index contributed by atoms with van der Waals surface area (Å²) < 4.78 is 0. The maximum absolute atomic E-state index is 5.27. The Bertz CT molecular complexity index is 295. The van der Waals surface area contributed by atoms with E-state index >= 15 is 0 Å². The molecule has 3 heteroatoms. The van der Waals surface area contributed by atoms with Crippen molar-refractivity contribution in [3.05, 3.63) is 0 Å². The number of nitrogens with zero attached hydrogens (tertiary/aromatic N) is 1. The summed E-state index contributed by atoms with van der Waals surface area (Å²) in [5.41, 5.74) is 0.364. The van der Waals surface area contributed by atoms with Gasteiger partial charge >= 0.3 is 0 Å². The molecule has 0 amide bonds.